The van der Waals surface area contributed by atoms with Gasteiger partial charge in [-0.25, -0.2) is 0 Å². The molecule has 2 fully saturated rings. The van der Waals surface area contributed by atoms with E-state index in [-0.39, 0.29) is 0 Å². The average molecular weight is 212 g/mol. The number of hydrogen-bond donors (Lipinski definition) is 0. The quantitative estimate of drug-likeness (QED) is 0.610. The van der Waals surface area contributed by atoms with Crippen molar-refractivity contribution in [3.05, 3.63) is 0 Å². The lowest BCUT2D eigenvalue weighted by atomic mass is 9.91. The molecule has 1 saturated heterocycles. The lowest BCUT2D eigenvalue weighted by Crippen LogP contribution is -2.14. The Morgan fingerprint density at radius 2 is 1.29 bits per heavy atom. The van der Waals surface area contributed by atoms with Gasteiger partial charge in [-0.1, -0.05) is 38.5 Å². The Morgan fingerprint density at radius 3 is 1.86 bits per heavy atom. The molecule has 0 nitrogen and oxygen atoms in total. The fraction of sp³-hybridized carbons (Fsp3) is 1.00. The van der Waals surface area contributed by atoms with Gasteiger partial charge in [-0.15, -0.1) is 0 Å². The third-order valence-corrected chi connectivity index (χ3v) is 5.46. The Bertz CT molecular complexity index is 139. The van der Waals surface area contributed by atoms with Gasteiger partial charge < -0.3 is 0 Å². The van der Waals surface area contributed by atoms with Crippen LogP contribution in [0, 0.1) is 5.92 Å². The Morgan fingerprint density at radius 1 is 0.643 bits per heavy atom. The molecule has 0 bridgehead atoms. The number of hydrogen-bond acceptors (Lipinski definition) is 1. The van der Waals surface area contributed by atoms with Gasteiger partial charge in [-0.2, -0.15) is 11.8 Å². The number of rotatable bonds is 1. The zero-order valence-corrected chi connectivity index (χ0v) is 10.2. The van der Waals surface area contributed by atoms with Gasteiger partial charge in [0, 0.05) is 5.25 Å². The average Bonchev–Trinajstić information content (AvgIpc) is 2.75. The minimum Gasteiger partial charge on any atom is -0.158 e. The summed E-state index contributed by atoms with van der Waals surface area (Å²) in [6.45, 7) is 0. The van der Waals surface area contributed by atoms with Crippen molar-refractivity contribution in [3.63, 3.8) is 0 Å². The van der Waals surface area contributed by atoms with Crippen LogP contribution in [0.2, 0.25) is 0 Å². The van der Waals surface area contributed by atoms with E-state index in [4.69, 9.17) is 0 Å². The fourth-order valence-electron chi connectivity index (χ4n) is 3.01. The Balaban J connectivity index is 1.80. The lowest BCUT2D eigenvalue weighted by molar-refractivity contribution is 0.407. The molecule has 1 aliphatic carbocycles. The molecule has 0 spiro atoms. The van der Waals surface area contributed by atoms with Crippen LogP contribution >= 0.6 is 11.8 Å². The van der Waals surface area contributed by atoms with Gasteiger partial charge in [0.05, 0.1) is 0 Å². The first-order valence-corrected chi connectivity index (χ1v) is 7.63. The fourth-order valence-corrected chi connectivity index (χ4v) is 4.52. The van der Waals surface area contributed by atoms with E-state index in [1.54, 1.807) is 0 Å². The first-order valence-electron chi connectivity index (χ1n) is 6.58. The Kier molecular flexibility index (Phi) is 4.69. The standard InChI is InChI=1S/C13H24S/c1-2-4-6-9-12(8-5-3-1)13-10-7-11-14-13/h12-13H,1-11H2. The van der Waals surface area contributed by atoms with Crippen molar-refractivity contribution in [1.29, 1.82) is 0 Å². The maximum absolute atomic E-state index is 2.27. The molecule has 1 heteroatoms. The van der Waals surface area contributed by atoms with Crippen LogP contribution in [-0.2, 0) is 0 Å². The minimum atomic E-state index is 1.05. The van der Waals surface area contributed by atoms with Crippen molar-refractivity contribution >= 4 is 11.8 Å². The molecule has 2 rings (SSSR count). The molecule has 1 aliphatic heterocycles. The van der Waals surface area contributed by atoms with Crippen molar-refractivity contribution in [3.8, 4) is 0 Å². The van der Waals surface area contributed by atoms with E-state index >= 15 is 0 Å². The second-order valence-electron chi connectivity index (χ2n) is 5.01. The Labute approximate surface area is 93.2 Å². The molecule has 1 saturated carbocycles. The van der Waals surface area contributed by atoms with E-state index in [1.807, 2.05) is 0 Å². The van der Waals surface area contributed by atoms with Crippen LogP contribution < -0.4 is 0 Å². The summed E-state index contributed by atoms with van der Waals surface area (Å²) in [6.07, 6.45) is 15.1. The Hall–Kier alpha value is 0.350. The molecule has 14 heavy (non-hydrogen) atoms. The molecule has 1 unspecified atom stereocenters. The van der Waals surface area contributed by atoms with Crippen molar-refractivity contribution < 1.29 is 0 Å². The third-order valence-electron chi connectivity index (χ3n) is 3.89. The summed E-state index contributed by atoms with van der Waals surface area (Å²) in [5, 5.41) is 1.05. The topological polar surface area (TPSA) is 0 Å². The predicted molar refractivity (Wildman–Crippen MR) is 65.9 cm³/mol. The van der Waals surface area contributed by atoms with Crippen LogP contribution in [0.5, 0.6) is 0 Å². The van der Waals surface area contributed by atoms with E-state index in [2.05, 4.69) is 11.8 Å². The van der Waals surface area contributed by atoms with E-state index in [0.717, 1.165) is 11.2 Å². The highest BCUT2D eigenvalue weighted by atomic mass is 32.2. The van der Waals surface area contributed by atoms with Crippen LogP contribution in [0.4, 0.5) is 0 Å². The van der Waals surface area contributed by atoms with Gasteiger partial charge in [0.25, 0.3) is 0 Å². The van der Waals surface area contributed by atoms with Crippen LogP contribution in [0.15, 0.2) is 0 Å². The maximum atomic E-state index is 2.27. The van der Waals surface area contributed by atoms with Gasteiger partial charge in [0.1, 0.15) is 0 Å². The lowest BCUT2D eigenvalue weighted by Gasteiger charge is -2.22. The summed E-state index contributed by atoms with van der Waals surface area (Å²) >= 11 is 2.27. The van der Waals surface area contributed by atoms with Gasteiger partial charge >= 0.3 is 0 Å². The molecule has 2 aliphatic rings. The van der Waals surface area contributed by atoms with Crippen LogP contribution in [0.1, 0.15) is 64.2 Å². The summed E-state index contributed by atoms with van der Waals surface area (Å²) in [4.78, 5) is 0. The number of thioether (sulfide) groups is 1. The summed E-state index contributed by atoms with van der Waals surface area (Å²) < 4.78 is 0. The smallest absolute Gasteiger partial charge is 0.00756 e. The van der Waals surface area contributed by atoms with E-state index in [0.29, 0.717) is 0 Å². The van der Waals surface area contributed by atoms with Gasteiger partial charge in [-0.05, 0) is 37.4 Å². The van der Waals surface area contributed by atoms with Crippen molar-refractivity contribution in [2.75, 3.05) is 5.75 Å². The second-order valence-corrected chi connectivity index (χ2v) is 6.36. The highest BCUT2D eigenvalue weighted by molar-refractivity contribution is 8.00. The molecular weight excluding hydrogens is 188 g/mol. The van der Waals surface area contributed by atoms with E-state index < -0.39 is 0 Å². The second kappa shape index (κ2) is 6.05. The van der Waals surface area contributed by atoms with Gasteiger partial charge in [-0.3, -0.25) is 0 Å². The third kappa shape index (κ3) is 3.18. The molecule has 0 amide bonds. The molecule has 1 atom stereocenters. The highest BCUT2D eigenvalue weighted by Crippen LogP contribution is 2.37. The largest absolute Gasteiger partial charge is 0.158 e. The molecule has 0 aromatic rings. The van der Waals surface area contributed by atoms with Crippen molar-refractivity contribution in [2.45, 2.75) is 69.5 Å². The molecule has 0 aromatic heterocycles. The highest BCUT2D eigenvalue weighted by Gasteiger charge is 2.25. The van der Waals surface area contributed by atoms with Crippen molar-refractivity contribution in [1.82, 2.24) is 0 Å². The first-order chi connectivity index (χ1) is 6.97. The molecule has 1 heterocycles. The summed E-state index contributed by atoms with van der Waals surface area (Å²) in [7, 11) is 0. The molecule has 0 N–H and O–H groups in total. The summed E-state index contributed by atoms with van der Waals surface area (Å²) in [5.74, 6) is 2.53. The van der Waals surface area contributed by atoms with Crippen LogP contribution in [0.3, 0.4) is 0 Å². The molecule has 0 radical (unpaired) electrons. The SMILES string of the molecule is C1CCCCC(C2CCCS2)CCC1. The normalized spacial score (nSPS) is 32.1. The summed E-state index contributed by atoms with van der Waals surface area (Å²) in [6, 6.07) is 0. The maximum Gasteiger partial charge on any atom is 0.00756 e. The zero-order chi connectivity index (χ0) is 9.64. The van der Waals surface area contributed by atoms with Gasteiger partial charge in [0.2, 0.25) is 0 Å². The predicted octanol–water partition coefficient (Wildman–Crippen LogP) is 4.63. The van der Waals surface area contributed by atoms with E-state index in [1.165, 1.54) is 70.0 Å². The molecule has 82 valence electrons. The summed E-state index contributed by atoms with van der Waals surface area (Å²) in [5.41, 5.74) is 0. The first kappa shape index (κ1) is 10.9. The molecule has 0 aromatic carbocycles. The monoisotopic (exact) mass is 212 g/mol. The van der Waals surface area contributed by atoms with Gasteiger partial charge in [0.15, 0.2) is 0 Å². The molecular formula is C13H24S. The minimum absolute atomic E-state index is 1.05. The van der Waals surface area contributed by atoms with Crippen molar-refractivity contribution in [2.24, 2.45) is 5.92 Å². The zero-order valence-electron chi connectivity index (χ0n) is 9.34. The van der Waals surface area contributed by atoms with E-state index in [9.17, 15) is 0 Å². The van der Waals surface area contributed by atoms with Crippen LogP contribution in [0.25, 0.3) is 0 Å². The van der Waals surface area contributed by atoms with Crippen LogP contribution in [-0.4, -0.2) is 11.0 Å².